The van der Waals surface area contributed by atoms with Crippen molar-refractivity contribution in [2.45, 2.75) is 51.1 Å². The smallest absolute Gasteiger partial charge is 0.234 e. The highest BCUT2D eigenvalue weighted by Crippen LogP contribution is 2.18. The van der Waals surface area contributed by atoms with Crippen LogP contribution in [0.4, 0.5) is 0 Å². The van der Waals surface area contributed by atoms with Crippen LogP contribution >= 0.6 is 11.3 Å². The highest BCUT2D eigenvalue weighted by Gasteiger charge is 2.16. The number of amides is 1. The summed E-state index contributed by atoms with van der Waals surface area (Å²) in [7, 11) is 0. The van der Waals surface area contributed by atoms with Gasteiger partial charge in [-0.05, 0) is 31.2 Å². The molecule has 3 nitrogen and oxygen atoms in total. The van der Waals surface area contributed by atoms with Crippen molar-refractivity contribution in [3.63, 3.8) is 0 Å². The first-order valence-corrected chi connectivity index (χ1v) is 7.70. The Labute approximate surface area is 113 Å². The summed E-state index contributed by atoms with van der Waals surface area (Å²) < 4.78 is 0. The van der Waals surface area contributed by atoms with E-state index < -0.39 is 0 Å². The highest BCUT2D eigenvalue weighted by molar-refractivity contribution is 7.10. The van der Waals surface area contributed by atoms with Crippen LogP contribution in [0, 0.1) is 0 Å². The molecule has 0 aromatic carbocycles. The Hall–Kier alpha value is -0.870. The Morgan fingerprint density at radius 2 is 2.22 bits per heavy atom. The molecule has 1 aromatic heterocycles. The molecule has 0 saturated heterocycles. The third kappa shape index (κ3) is 4.10. The average molecular weight is 266 g/mol. The fraction of sp³-hybridized carbons (Fsp3) is 0.643. The van der Waals surface area contributed by atoms with Gasteiger partial charge in [0.25, 0.3) is 0 Å². The summed E-state index contributed by atoms with van der Waals surface area (Å²) in [6, 6.07) is 4.80. The van der Waals surface area contributed by atoms with E-state index in [-0.39, 0.29) is 11.9 Å². The summed E-state index contributed by atoms with van der Waals surface area (Å²) in [6.45, 7) is 2.51. The van der Waals surface area contributed by atoms with E-state index >= 15 is 0 Å². The van der Waals surface area contributed by atoms with Gasteiger partial charge in [-0.3, -0.25) is 4.79 Å². The molecule has 2 N–H and O–H groups in total. The molecule has 100 valence electrons. The summed E-state index contributed by atoms with van der Waals surface area (Å²) in [5.41, 5.74) is 0. The number of rotatable bonds is 5. The molecule has 4 heteroatoms. The maximum Gasteiger partial charge on any atom is 0.234 e. The molecule has 0 spiro atoms. The van der Waals surface area contributed by atoms with E-state index in [0.717, 1.165) is 12.8 Å². The number of thiophene rings is 1. The van der Waals surface area contributed by atoms with E-state index in [9.17, 15) is 4.79 Å². The Morgan fingerprint density at radius 1 is 1.44 bits per heavy atom. The fourth-order valence-corrected chi connectivity index (χ4v) is 3.17. The first-order valence-electron chi connectivity index (χ1n) is 6.82. The van der Waals surface area contributed by atoms with E-state index in [1.54, 1.807) is 11.3 Å². The Balaban J connectivity index is 1.68. The van der Waals surface area contributed by atoms with Crippen molar-refractivity contribution in [3.05, 3.63) is 22.4 Å². The van der Waals surface area contributed by atoms with Crippen LogP contribution in [0.15, 0.2) is 17.5 Å². The number of nitrogens with one attached hydrogen (secondary N) is 2. The lowest BCUT2D eigenvalue weighted by Gasteiger charge is -2.23. The summed E-state index contributed by atoms with van der Waals surface area (Å²) in [6.07, 6.45) is 6.12. The first-order chi connectivity index (χ1) is 8.75. The topological polar surface area (TPSA) is 41.1 Å². The van der Waals surface area contributed by atoms with Crippen LogP contribution in [0.25, 0.3) is 0 Å². The van der Waals surface area contributed by atoms with Gasteiger partial charge in [0.05, 0.1) is 6.54 Å². The van der Waals surface area contributed by atoms with Gasteiger partial charge >= 0.3 is 0 Å². The van der Waals surface area contributed by atoms with E-state index in [1.807, 2.05) is 6.07 Å². The molecule has 1 heterocycles. The highest BCUT2D eigenvalue weighted by atomic mass is 32.1. The molecule has 1 fully saturated rings. The fourth-order valence-electron chi connectivity index (χ4n) is 2.41. The minimum absolute atomic E-state index is 0.130. The molecular weight excluding hydrogens is 244 g/mol. The van der Waals surface area contributed by atoms with E-state index in [2.05, 4.69) is 29.0 Å². The second-order valence-electron chi connectivity index (χ2n) is 5.02. The van der Waals surface area contributed by atoms with E-state index in [1.165, 1.54) is 24.1 Å². The van der Waals surface area contributed by atoms with Crippen molar-refractivity contribution in [3.8, 4) is 0 Å². The SMILES string of the molecule is C[C@H](NCC(=O)NC1CCCCC1)c1cccs1. The monoisotopic (exact) mass is 266 g/mol. The van der Waals surface area contributed by atoms with Crippen molar-refractivity contribution in [2.24, 2.45) is 0 Å². The Morgan fingerprint density at radius 3 is 2.89 bits per heavy atom. The number of carbonyl (C=O) groups is 1. The van der Waals surface area contributed by atoms with Gasteiger partial charge in [0.2, 0.25) is 5.91 Å². The molecule has 0 radical (unpaired) electrons. The average Bonchev–Trinajstić information content (AvgIpc) is 2.91. The molecular formula is C14H22N2OS. The summed E-state index contributed by atoms with van der Waals surface area (Å²) in [5.74, 6) is 0.130. The van der Waals surface area contributed by atoms with Gasteiger partial charge in [-0.15, -0.1) is 11.3 Å². The van der Waals surface area contributed by atoms with Gasteiger partial charge in [-0.2, -0.15) is 0 Å². The maximum absolute atomic E-state index is 11.8. The quantitative estimate of drug-likeness (QED) is 0.860. The molecule has 1 atom stereocenters. The Bertz CT molecular complexity index is 358. The zero-order chi connectivity index (χ0) is 12.8. The van der Waals surface area contributed by atoms with Crippen LogP contribution in [0.1, 0.15) is 49.9 Å². The molecule has 1 saturated carbocycles. The van der Waals surface area contributed by atoms with Crippen molar-refractivity contribution in [1.82, 2.24) is 10.6 Å². The van der Waals surface area contributed by atoms with Crippen LogP contribution < -0.4 is 10.6 Å². The van der Waals surface area contributed by atoms with Gasteiger partial charge in [0, 0.05) is 17.0 Å². The molecule has 0 aliphatic heterocycles. The molecule has 1 aliphatic rings. The molecule has 18 heavy (non-hydrogen) atoms. The second kappa shape index (κ2) is 6.90. The van der Waals surface area contributed by atoms with Gasteiger partial charge in [0.15, 0.2) is 0 Å². The zero-order valence-corrected chi connectivity index (χ0v) is 11.8. The first kappa shape index (κ1) is 13.6. The summed E-state index contributed by atoms with van der Waals surface area (Å²) >= 11 is 1.72. The number of carbonyl (C=O) groups excluding carboxylic acids is 1. The Kier molecular flexibility index (Phi) is 5.20. The van der Waals surface area contributed by atoms with Gasteiger partial charge in [0.1, 0.15) is 0 Å². The van der Waals surface area contributed by atoms with Crippen molar-refractivity contribution >= 4 is 17.2 Å². The minimum atomic E-state index is 0.130. The largest absolute Gasteiger partial charge is 0.352 e. The molecule has 1 aromatic rings. The van der Waals surface area contributed by atoms with Crippen molar-refractivity contribution in [2.75, 3.05) is 6.54 Å². The summed E-state index contributed by atoms with van der Waals surface area (Å²) in [4.78, 5) is 13.1. The van der Waals surface area contributed by atoms with Gasteiger partial charge in [-0.25, -0.2) is 0 Å². The van der Waals surface area contributed by atoms with Crippen LogP contribution in [-0.2, 0) is 4.79 Å². The number of hydrogen-bond acceptors (Lipinski definition) is 3. The molecule has 2 rings (SSSR count). The second-order valence-corrected chi connectivity index (χ2v) is 6.00. The van der Waals surface area contributed by atoms with Crippen molar-refractivity contribution < 1.29 is 4.79 Å². The predicted molar refractivity (Wildman–Crippen MR) is 75.8 cm³/mol. The molecule has 1 aliphatic carbocycles. The maximum atomic E-state index is 11.8. The van der Waals surface area contributed by atoms with Crippen LogP contribution in [0.5, 0.6) is 0 Å². The van der Waals surface area contributed by atoms with E-state index in [0.29, 0.717) is 12.6 Å². The van der Waals surface area contributed by atoms with Crippen LogP contribution in [0.2, 0.25) is 0 Å². The molecule has 0 unspecified atom stereocenters. The lowest BCUT2D eigenvalue weighted by atomic mass is 9.95. The lowest BCUT2D eigenvalue weighted by molar-refractivity contribution is -0.121. The molecule has 0 bridgehead atoms. The van der Waals surface area contributed by atoms with Gasteiger partial charge < -0.3 is 10.6 Å². The lowest BCUT2D eigenvalue weighted by Crippen LogP contribution is -2.41. The molecule has 1 amide bonds. The zero-order valence-electron chi connectivity index (χ0n) is 10.9. The third-order valence-corrected chi connectivity index (χ3v) is 4.56. The normalized spacial score (nSPS) is 18.5. The standard InChI is InChI=1S/C14H22N2OS/c1-11(13-8-5-9-18-13)15-10-14(17)16-12-6-3-2-4-7-12/h5,8-9,11-12,15H,2-4,6-7,10H2,1H3,(H,16,17)/t11-/m0/s1. The minimum Gasteiger partial charge on any atom is -0.352 e. The predicted octanol–water partition coefficient (Wildman–Crippen LogP) is 2.85. The van der Waals surface area contributed by atoms with Crippen molar-refractivity contribution in [1.29, 1.82) is 0 Å². The van der Waals surface area contributed by atoms with Gasteiger partial charge in [-0.1, -0.05) is 25.3 Å². The van der Waals surface area contributed by atoms with Crippen LogP contribution in [0.3, 0.4) is 0 Å². The van der Waals surface area contributed by atoms with E-state index in [4.69, 9.17) is 0 Å². The number of hydrogen-bond donors (Lipinski definition) is 2. The van der Waals surface area contributed by atoms with Crippen LogP contribution in [-0.4, -0.2) is 18.5 Å². The third-order valence-electron chi connectivity index (χ3n) is 3.51. The summed E-state index contributed by atoms with van der Waals surface area (Å²) in [5, 5.41) is 8.46.